The smallest absolute Gasteiger partial charge is 0.255 e. The van der Waals surface area contributed by atoms with Gasteiger partial charge in [0.15, 0.2) is 0 Å². The molecule has 0 unspecified atom stereocenters. The van der Waals surface area contributed by atoms with Gasteiger partial charge in [-0.25, -0.2) is 4.39 Å². The molecule has 1 amide bonds. The molecular formula is C28H28FN5O. The summed E-state index contributed by atoms with van der Waals surface area (Å²) in [5, 5.41) is 7.18. The molecular weight excluding hydrogens is 441 g/mol. The normalized spacial score (nSPS) is 14.1. The van der Waals surface area contributed by atoms with Crippen LogP contribution < -0.4 is 10.2 Å². The number of piperazine rings is 1. The molecule has 35 heavy (non-hydrogen) atoms. The third-order valence-corrected chi connectivity index (χ3v) is 6.33. The van der Waals surface area contributed by atoms with Crippen molar-refractivity contribution >= 4 is 17.3 Å². The third-order valence-electron chi connectivity index (χ3n) is 6.33. The molecule has 1 saturated heterocycles. The van der Waals surface area contributed by atoms with Gasteiger partial charge in [0.05, 0.1) is 6.54 Å². The van der Waals surface area contributed by atoms with Gasteiger partial charge in [-0.1, -0.05) is 30.3 Å². The second-order valence-corrected chi connectivity index (χ2v) is 8.76. The molecule has 1 aromatic heterocycles. The molecule has 178 valence electrons. The molecule has 1 fully saturated rings. The lowest BCUT2D eigenvalue weighted by Crippen LogP contribution is -2.46. The Kier molecular flexibility index (Phi) is 6.86. The van der Waals surface area contributed by atoms with Crippen molar-refractivity contribution in [2.24, 2.45) is 0 Å². The number of carbonyl (C=O) groups is 1. The first kappa shape index (κ1) is 22.8. The Labute approximate surface area is 204 Å². The van der Waals surface area contributed by atoms with E-state index in [0.29, 0.717) is 18.7 Å². The molecule has 3 aromatic carbocycles. The maximum absolute atomic E-state index is 13.9. The highest BCUT2D eigenvalue weighted by molar-refractivity contribution is 6.04. The summed E-state index contributed by atoms with van der Waals surface area (Å²) in [6.45, 7) is 4.83. The topological polar surface area (TPSA) is 53.4 Å². The van der Waals surface area contributed by atoms with E-state index in [1.165, 1.54) is 6.07 Å². The van der Waals surface area contributed by atoms with Gasteiger partial charge in [0.2, 0.25) is 0 Å². The fourth-order valence-electron chi connectivity index (χ4n) is 4.33. The number of nitrogens with one attached hydrogen (secondary N) is 1. The summed E-state index contributed by atoms with van der Waals surface area (Å²) >= 11 is 0. The fourth-order valence-corrected chi connectivity index (χ4v) is 4.33. The molecule has 1 aliphatic heterocycles. The Bertz CT molecular complexity index is 1250. The molecule has 6 nitrogen and oxygen atoms in total. The van der Waals surface area contributed by atoms with Gasteiger partial charge in [-0.15, -0.1) is 0 Å². The van der Waals surface area contributed by atoms with E-state index in [1.807, 2.05) is 77.6 Å². The molecule has 0 bridgehead atoms. The van der Waals surface area contributed by atoms with Gasteiger partial charge >= 0.3 is 0 Å². The summed E-state index contributed by atoms with van der Waals surface area (Å²) in [6.07, 6.45) is 3.66. The van der Waals surface area contributed by atoms with Gasteiger partial charge in [-0.2, -0.15) is 5.10 Å². The maximum Gasteiger partial charge on any atom is 0.255 e. The summed E-state index contributed by atoms with van der Waals surface area (Å²) in [5.74, 6) is -0.275. The van der Waals surface area contributed by atoms with E-state index >= 15 is 0 Å². The van der Waals surface area contributed by atoms with Crippen LogP contribution in [0.25, 0.3) is 0 Å². The quantitative estimate of drug-likeness (QED) is 0.428. The van der Waals surface area contributed by atoms with Crippen molar-refractivity contribution in [1.29, 1.82) is 0 Å². The zero-order valence-electron chi connectivity index (χ0n) is 19.5. The molecule has 0 spiro atoms. The number of carbonyl (C=O) groups excluding carboxylic acids is 1. The number of nitrogens with zero attached hydrogens (tertiary/aromatic N) is 4. The second-order valence-electron chi connectivity index (χ2n) is 8.76. The van der Waals surface area contributed by atoms with Crippen LogP contribution in [0, 0.1) is 5.82 Å². The van der Waals surface area contributed by atoms with Crippen molar-refractivity contribution < 1.29 is 9.18 Å². The lowest BCUT2D eigenvalue weighted by Gasteiger charge is -2.36. The van der Waals surface area contributed by atoms with Crippen LogP contribution in [-0.4, -0.2) is 46.8 Å². The van der Waals surface area contributed by atoms with Crippen molar-refractivity contribution in [3.63, 3.8) is 0 Å². The Morgan fingerprint density at radius 1 is 0.857 bits per heavy atom. The second kappa shape index (κ2) is 10.5. The van der Waals surface area contributed by atoms with Crippen LogP contribution >= 0.6 is 0 Å². The number of hydrogen-bond donors (Lipinski definition) is 1. The number of halogens is 1. The summed E-state index contributed by atoms with van der Waals surface area (Å²) in [6, 6.07) is 24.4. The van der Waals surface area contributed by atoms with Crippen LogP contribution in [0.1, 0.15) is 21.5 Å². The predicted octanol–water partition coefficient (Wildman–Crippen LogP) is 4.65. The van der Waals surface area contributed by atoms with Gasteiger partial charge in [0, 0.05) is 67.6 Å². The number of rotatable bonds is 7. The van der Waals surface area contributed by atoms with E-state index < -0.39 is 0 Å². The zero-order chi connectivity index (χ0) is 24.0. The molecule has 7 heteroatoms. The summed E-state index contributed by atoms with van der Waals surface area (Å²) in [4.78, 5) is 17.3. The summed E-state index contributed by atoms with van der Waals surface area (Å²) < 4.78 is 15.8. The molecule has 0 atom stereocenters. The van der Waals surface area contributed by atoms with Crippen molar-refractivity contribution in [3.05, 3.63) is 114 Å². The lowest BCUT2D eigenvalue weighted by atomic mass is 10.1. The minimum Gasteiger partial charge on any atom is -0.369 e. The Hall–Kier alpha value is -3.97. The van der Waals surface area contributed by atoms with E-state index in [-0.39, 0.29) is 11.7 Å². The first-order valence-corrected chi connectivity index (χ1v) is 11.8. The predicted molar refractivity (Wildman–Crippen MR) is 136 cm³/mol. The van der Waals surface area contributed by atoms with Crippen LogP contribution in [0.3, 0.4) is 0 Å². The van der Waals surface area contributed by atoms with E-state index in [1.54, 1.807) is 12.3 Å². The van der Waals surface area contributed by atoms with Gasteiger partial charge in [-0.05, 0) is 54.1 Å². The average molecular weight is 470 g/mol. The minimum absolute atomic E-state index is 0.134. The number of amides is 1. The monoisotopic (exact) mass is 469 g/mol. The first-order valence-electron chi connectivity index (χ1n) is 11.8. The van der Waals surface area contributed by atoms with Crippen molar-refractivity contribution in [2.75, 3.05) is 36.4 Å². The highest BCUT2D eigenvalue weighted by atomic mass is 19.1. The number of hydrogen-bond acceptors (Lipinski definition) is 4. The Morgan fingerprint density at radius 3 is 2.29 bits per heavy atom. The Morgan fingerprint density at radius 2 is 1.60 bits per heavy atom. The minimum atomic E-state index is -0.141. The molecule has 0 saturated carbocycles. The first-order chi connectivity index (χ1) is 17.1. The summed E-state index contributed by atoms with van der Waals surface area (Å²) in [7, 11) is 0. The summed E-state index contributed by atoms with van der Waals surface area (Å²) in [5.41, 5.74) is 4.33. The molecule has 2 heterocycles. The lowest BCUT2D eigenvalue weighted by molar-refractivity contribution is 0.102. The van der Waals surface area contributed by atoms with Gasteiger partial charge < -0.3 is 10.2 Å². The molecule has 0 radical (unpaired) electrons. The average Bonchev–Trinajstić information content (AvgIpc) is 3.40. The van der Waals surface area contributed by atoms with E-state index in [2.05, 4.69) is 20.2 Å². The van der Waals surface area contributed by atoms with Gasteiger partial charge in [0.1, 0.15) is 5.82 Å². The van der Waals surface area contributed by atoms with E-state index in [0.717, 1.165) is 48.7 Å². The van der Waals surface area contributed by atoms with Crippen LogP contribution in [-0.2, 0) is 13.1 Å². The van der Waals surface area contributed by atoms with Crippen molar-refractivity contribution in [2.45, 2.75) is 13.1 Å². The molecule has 4 aromatic rings. The van der Waals surface area contributed by atoms with Crippen molar-refractivity contribution in [3.8, 4) is 0 Å². The van der Waals surface area contributed by atoms with E-state index in [9.17, 15) is 9.18 Å². The van der Waals surface area contributed by atoms with Crippen LogP contribution in [0.15, 0.2) is 91.3 Å². The molecule has 5 rings (SSSR count). The number of anilines is 2. The van der Waals surface area contributed by atoms with Crippen LogP contribution in [0.5, 0.6) is 0 Å². The fraction of sp³-hybridized carbons (Fsp3) is 0.214. The number of aromatic nitrogens is 2. The third kappa shape index (κ3) is 5.75. The maximum atomic E-state index is 13.9. The molecule has 0 aliphatic carbocycles. The van der Waals surface area contributed by atoms with E-state index in [4.69, 9.17) is 0 Å². The SMILES string of the molecule is O=C(Nc1ccc(N2CCN(Cc3ccccc3F)CC2)cc1)c1ccc(Cn2cccn2)cc1. The Balaban J connectivity index is 1.12. The molecule has 1 aliphatic rings. The standard InChI is InChI=1S/C28H28FN5O/c29-27-5-2-1-4-24(27)21-32-16-18-33(19-17-32)26-12-10-25(11-13-26)31-28(35)23-8-6-22(7-9-23)20-34-15-3-14-30-34/h1-15H,16-21H2,(H,31,35). The zero-order valence-corrected chi connectivity index (χ0v) is 19.5. The van der Waals surface area contributed by atoms with Crippen LogP contribution in [0.2, 0.25) is 0 Å². The van der Waals surface area contributed by atoms with Crippen molar-refractivity contribution in [1.82, 2.24) is 14.7 Å². The highest BCUT2D eigenvalue weighted by Crippen LogP contribution is 2.21. The molecule has 1 N–H and O–H groups in total. The van der Waals surface area contributed by atoms with Crippen LogP contribution in [0.4, 0.5) is 15.8 Å². The van der Waals surface area contributed by atoms with Gasteiger partial charge in [0.25, 0.3) is 5.91 Å². The number of benzene rings is 3. The largest absolute Gasteiger partial charge is 0.369 e. The van der Waals surface area contributed by atoms with Gasteiger partial charge in [-0.3, -0.25) is 14.4 Å². The highest BCUT2D eigenvalue weighted by Gasteiger charge is 2.18.